The Balaban J connectivity index is 1.39. The molecule has 2 fully saturated rings. The quantitative estimate of drug-likeness (QED) is 0.717. The van der Waals surface area contributed by atoms with Crippen molar-refractivity contribution in [2.75, 3.05) is 36.0 Å². The molecule has 2 aromatic carbocycles. The molecular weight excluding hydrogens is 386 g/mol. The minimum absolute atomic E-state index is 0.131. The van der Waals surface area contributed by atoms with E-state index in [1.165, 1.54) is 0 Å². The largest absolute Gasteiger partial charge is 0.368 e. The van der Waals surface area contributed by atoms with Gasteiger partial charge in [0.15, 0.2) is 11.5 Å². The van der Waals surface area contributed by atoms with Crippen LogP contribution in [-0.4, -0.2) is 48.3 Å². The number of fused-ring (bicyclic) bond motifs is 1. The van der Waals surface area contributed by atoms with E-state index in [-0.39, 0.29) is 5.91 Å². The van der Waals surface area contributed by atoms with E-state index in [1.807, 2.05) is 42.5 Å². The van der Waals surface area contributed by atoms with Gasteiger partial charge in [-0.05, 0) is 31.0 Å². The number of anilines is 2. The van der Waals surface area contributed by atoms with Gasteiger partial charge in [-0.25, -0.2) is 0 Å². The number of carbonyl (C=O) groups excluding carboxylic acids is 1. The number of hydrogen-bond acceptors (Lipinski definition) is 5. The first-order valence-electron chi connectivity index (χ1n) is 10.0. The molecule has 0 radical (unpaired) electrons. The van der Waals surface area contributed by atoms with Crippen molar-refractivity contribution in [1.82, 2.24) is 15.5 Å². The smallest absolute Gasteiger partial charge is 0.272 e. The highest BCUT2D eigenvalue weighted by atomic mass is 35.5. The third kappa shape index (κ3) is 3.72. The predicted octanol–water partition coefficient (Wildman–Crippen LogP) is 3.50. The summed E-state index contributed by atoms with van der Waals surface area (Å²) in [4.78, 5) is 17.2. The van der Waals surface area contributed by atoms with Crippen molar-refractivity contribution in [3.63, 3.8) is 0 Å². The second-order valence-electron chi connectivity index (χ2n) is 7.62. The van der Waals surface area contributed by atoms with Crippen LogP contribution in [0.2, 0.25) is 5.02 Å². The number of rotatable bonds is 4. The molecule has 2 aliphatic rings. The molecule has 0 atom stereocenters. The molecule has 6 nitrogen and oxygen atoms in total. The molecule has 7 heteroatoms. The Kier molecular flexibility index (Phi) is 4.72. The molecular formula is C22H22ClN5O. The third-order valence-corrected chi connectivity index (χ3v) is 5.78. The Hall–Kier alpha value is -2.86. The van der Waals surface area contributed by atoms with E-state index >= 15 is 0 Å². The summed E-state index contributed by atoms with van der Waals surface area (Å²) in [5, 5.41) is 14.4. The number of nitrogens with one attached hydrogen (secondary N) is 1. The Bertz CT molecular complexity index is 1060. The molecule has 2 heterocycles. The molecule has 1 N–H and O–H groups in total. The number of hydrogen-bond donors (Lipinski definition) is 1. The van der Waals surface area contributed by atoms with Crippen LogP contribution < -0.4 is 15.1 Å². The molecule has 1 aromatic heterocycles. The van der Waals surface area contributed by atoms with Gasteiger partial charge in [0.05, 0.1) is 0 Å². The average molecular weight is 408 g/mol. The lowest BCUT2D eigenvalue weighted by molar-refractivity contribution is 0.0947. The van der Waals surface area contributed by atoms with E-state index in [0.717, 1.165) is 66.3 Å². The van der Waals surface area contributed by atoms with Gasteiger partial charge in [0, 0.05) is 53.7 Å². The first kappa shape index (κ1) is 18.2. The van der Waals surface area contributed by atoms with Crippen molar-refractivity contribution in [2.45, 2.75) is 18.9 Å². The topological polar surface area (TPSA) is 61.4 Å². The van der Waals surface area contributed by atoms with E-state index < -0.39 is 0 Å². The minimum atomic E-state index is -0.131. The van der Waals surface area contributed by atoms with E-state index in [0.29, 0.717) is 11.7 Å². The molecule has 1 amide bonds. The highest BCUT2D eigenvalue weighted by molar-refractivity contribution is 6.30. The minimum Gasteiger partial charge on any atom is -0.368 e. The number of aromatic nitrogens is 2. The average Bonchev–Trinajstić information content (AvgIpc) is 3.57. The predicted molar refractivity (Wildman–Crippen MR) is 116 cm³/mol. The van der Waals surface area contributed by atoms with Gasteiger partial charge in [-0.15, -0.1) is 10.2 Å². The maximum Gasteiger partial charge on any atom is 0.272 e. The molecule has 29 heavy (non-hydrogen) atoms. The maximum absolute atomic E-state index is 12.6. The zero-order valence-electron chi connectivity index (χ0n) is 16.0. The lowest BCUT2D eigenvalue weighted by Gasteiger charge is -2.37. The summed E-state index contributed by atoms with van der Waals surface area (Å²) in [7, 11) is 0. The summed E-state index contributed by atoms with van der Waals surface area (Å²) in [6, 6.07) is 16.2. The van der Waals surface area contributed by atoms with Gasteiger partial charge < -0.3 is 15.1 Å². The molecule has 3 aromatic rings. The standard InChI is InChI=1S/C22H22ClN5O/c23-15-4-3-5-17(14-15)27-10-12-28(13-11-27)21-19-7-2-1-6-18(19)20(25-26-21)22(29)24-16-8-9-16/h1-7,14,16H,8-13H2,(H,24,29). The summed E-state index contributed by atoms with van der Waals surface area (Å²) in [5.74, 6) is 0.711. The number of carbonyl (C=O) groups is 1. The number of amides is 1. The zero-order valence-corrected chi connectivity index (χ0v) is 16.8. The van der Waals surface area contributed by atoms with Gasteiger partial charge in [0.25, 0.3) is 5.91 Å². The molecule has 0 spiro atoms. The first-order valence-corrected chi connectivity index (χ1v) is 10.4. The molecule has 5 rings (SSSR count). The first-order chi connectivity index (χ1) is 14.2. The van der Waals surface area contributed by atoms with Gasteiger partial charge in [0.1, 0.15) is 0 Å². The Labute approximate surface area is 174 Å². The molecule has 1 saturated heterocycles. The lowest BCUT2D eigenvalue weighted by atomic mass is 10.1. The summed E-state index contributed by atoms with van der Waals surface area (Å²) >= 11 is 6.14. The fourth-order valence-corrected chi connectivity index (χ4v) is 4.01. The van der Waals surface area contributed by atoms with E-state index in [2.05, 4.69) is 31.4 Å². The Morgan fingerprint density at radius 1 is 0.931 bits per heavy atom. The highest BCUT2D eigenvalue weighted by Crippen LogP contribution is 2.29. The van der Waals surface area contributed by atoms with Gasteiger partial charge in [-0.2, -0.15) is 0 Å². The second kappa shape index (κ2) is 7.52. The molecule has 1 aliphatic carbocycles. The molecule has 1 saturated carbocycles. The van der Waals surface area contributed by atoms with Crippen LogP contribution in [-0.2, 0) is 0 Å². The normalized spacial score (nSPS) is 16.9. The van der Waals surface area contributed by atoms with Crippen LogP contribution in [0.25, 0.3) is 10.8 Å². The van der Waals surface area contributed by atoms with Gasteiger partial charge >= 0.3 is 0 Å². The lowest BCUT2D eigenvalue weighted by Crippen LogP contribution is -2.47. The monoisotopic (exact) mass is 407 g/mol. The maximum atomic E-state index is 12.6. The van der Waals surface area contributed by atoms with Gasteiger partial charge in [-0.1, -0.05) is 41.9 Å². The fraction of sp³-hybridized carbons (Fsp3) is 0.318. The van der Waals surface area contributed by atoms with Crippen LogP contribution in [0.3, 0.4) is 0 Å². The molecule has 148 valence electrons. The number of halogens is 1. The van der Waals surface area contributed by atoms with Crippen molar-refractivity contribution in [1.29, 1.82) is 0 Å². The molecule has 0 unspecified atom stereocenters. The highest BCUT2D eigenvalue weighted by Gasteiger charge is 2.27. The summed E-state index contributed by atoms with van der Waals surface area (Å²) in [5.41, 5.74) is 1.55. The van der Waals surface area contributed by atoms with E-state index in [1.54, 1.807) is 0 Å². The second-order valence-corrected chi connectivity index (χ2v) is 8.06. The summed E-state index contributed by atoms with van der Waals surface area (Å²) in [6.45, 7) is 3.41. The van der Waals surface area contributed by atoms with Crippen LogP contribution in [0, 0.1) is 0 Å². The SMILES string of the molecule is O=C(NC1CC1)c1nnc(N2CCN(c3cccc(Cl)c3)CC2)c2ccccc12. The van der Waals surface area contributed by atoms with Gasteiger partial charge in [0.2, 0.25) is 0 Å². The Morgan fingerprint density at radius 3 is 2.38 bits per heavy atom. The van der Waals surface area contributed by atoms with Crippen LogP contribution in [0.5, 0.6) is 0 Å². The van der Waals surface area contributed by atoms with Crippen LogP contribution in [0.1, 0.15) is 23.3 Å². The fourth-order valence-electron chi connectivity index (χ4n) is 3.82. The third-order valence-electron chi connectivity index (χ3n) is 5.55. The molecule has 0 bridgehead atoms. The number of benzene rings is 2. The zero-order chi connectivity index (χ0) is 19.8. The van der Waals surface area contributed by atoms with Crippen molar-refractivity contribution >= 4 is 39.8 Å². The summed E-state index contributed by atoms with van der Waals surface area (Å²) < 4.78 is 0. The summed E-state index contributed by atoms with van der Waals surface area (Å²) in [6.07, 6.45) is 2.10. The van der Waals surface area contributed by atoms with Gasteiger partial charge in [-0.3, -0.25) is 4.79 Å². The Morgan fingerprint density at radius 2 is 1.66 bits per heavy atom. The van der Waals surface area contributed by atoms with Crippen molar-refractivity contribution < 1.29 is 4.79 Å². The van der Waals surface area contributed by atoms with Crippen LogP contribution >= 0.6 is 11.6 Å². The van der Waals surface area contributed by atoms with Crippen molar-refractivity contribution in [3.8, 4) is 0 Å². The van der Waals surface area contributed by atoms with Crippen LogP contribution in [0.15, 0.2) is 48.5 Å². The van der Waals surface area contributed by atoms with Crippen LogP contribution in [0.4, 0.5) is 11.5 Å². The van der Waals surface area contributed by atoms with E-state index in [9.17, 15) is 4.79 Å². The van der Waals surface area contributed by atoms with E-state index in [4.69, 9.17) is 11.6 Å². The number of nitrogens with zero attached hydrogens (tertiary/aromatic N) is 4. The molecule has 1 aliphatic heterocycles. The van der Waals surface area contributed by atoms with Crippen molar-refractivity contribution in [2.24, 2.45) is 0 Å². The van der Waals surface area contributed by atoms with Crippen molar-refractivity contribution in [3.05, 3.63) is 59.2 Å². The number of piperazine rings is 1.